The molecule has 5 heteroatoms. The van der Waals surface area contributed by atoms with Crippen molar-refractivity contribution in [2.45, 2.75) is 5.60 Å². The average molecular weight is 361 g/mol. The van der Waals surface area contributed by atoms with Crippen LogP contribution >= 0.6 is 11.6 Å². The largest absolute Gasteiger partial charge is 0.497 e. The average Bonchev–Trinajstić information content (AvgIpc) is 2.62. The standard InChI is InChI=1S/C20H15ClF2O2/c1-25-15-10-11-19(23)17(12-15)20(24,13-6-8-14(22)9-7-13)16-4-2-3-5-18(16)21/h2-12,24H,1H3. The monoisotopic (exact) mass is 360 g/mol. The molecule has 1 N–H and O–H groups in total. The smallest absolute Gasteiger partial charge is 0.144 e. The van der Waals surface area contributed by atoms with E-state index in [1.807, 2.05) is 0 Å². The molecule has 3 rings (SSSR count). The number of hydrogen-bond donors (Lipinski definition) is 1. The molecule has 3 aromatic rings. The van der Waals surface area contributed by atoms with Gasteiger partial charge in [-0.25, -0.2) is 8.78 Å². The zero-order valence-corrected chi connectivity index (χ0v) is 14.1. The van der Waals surface area contributed by atoms with E-state index in [1.165, 1.54) is 49.6 Å². The minimum Gasteiger partial charge on any atom is -0.497 e. The van der Waals surface area contributed by atoms with Gasteiger partial charge >= 0.3 is 0 Å². The second kappa shape index (κ2) is 6.82. The van der Waals surface area contributed by atoms with E-state index in [2.05, 4.69) is 0 Å². The molecular formula is C20H15ClF2O2. The zero-order valence-electron chi connectivity index (χ0n) is 13.3. The van der Waals surface area contributed by atoms with E-state index in [1.54, 1.807) is 24.3 Å². The summed E-state index contributed by atoms with van der Waals surface area (Å²) in [6.45, 7) is 0. The molecular weight excluding hydrogens is 346 g/mol. The lowest BCUT2D eigenvalue weighted by Crippen LogP contribution is -2.30. The summed E-state index contributed by atoms with van der Waals surface area (Å²) in [6.07, 6.45) is 0. The van der Waals surface area contributed by atoms with Gasteiger partial charge in [0.1, 0.15) is 23.0 Å². The van der Waals surface area contributed by atoms with Crippen molar-refractivity contribution in [1.29, 1.82) is 0 Å². The summed E-state index contributed by atoms with van der Waals surface area (Å²) in [5.74, 6) is -0.715. The number of hydrogen-bond acceptors (Lipinski definition) is 2. The third kappa shape index (κ3) is 3.11. The van der Waals surface area contributed by atoms with Crippen molar-refractivity contribution in [3.05, 3.63) is 100 Å². The maximum absolute atomic E-state index is 14.7. The van der Waals surface area contributed by atoms with Crippen LogP contribution in [0.1, 0.15) is 16.7 Å². The highest BCUT2D eigenvalue weighted by molar-refractivity contribution is 6.31. The van der Waals surface area contributed by atoms with Crippen LogP contribution in [-0.2, 0) is 5.60 Å². The molecule has 0 fully saturated rings. The highest BCUT2D eigenvalue weighted by Gasteiger charge is 2.38. The van der Waals surface area contributed by atoms with Crippen LogP contribution in [0.15, 0.2) is 66.7 Å². The Hall–Kier alpha value is -2.43. The molecule has 0 radical (unpaired) electrons. The topological polar surface area (TPSA) is 29.5 Å². The highest BCUT2D eigenvalue weighted by atomic mass is 35.5. The Morgan fingerprint density at radius 1 is 0.920 bits per heavy atom. The van der Waals surface area contributed by atoms with Crippen molar-refractivity contribution in [2.24, 2.45) is 0 Å². The van der Waals surface area contributed by atoms with E-state index in [4.69, 9.17) is 16.3 Å². The summed E-state index contributed by atoms with van der Waals surface area (Å²) in [7, 11) is 1.45. The highest BCUT2D eigenvalue weighted by Crippen LogP contribution is 2.42. The molecule has 1 unspecified atom stereocenters. The maximum Gasteiger partial charge on any atom is 0.144 e. The van der Waals surface area contributed by atoms with Crippen molar-refractivity contribution in [3.63, 3.8) is 0 Å². The van der Waals surface area contributed by atoms with Crippen LogP contribution in [0.5, 0.6) is 5.75 Å². The quantitative estimate of drug-likeness (QED) is 0.670. The van der Waals surface area contributed by atoms with Gasteiger partial charge < -0.3 is 9.84 Å². The summed E-state index contributed by atoms with van der Waals surface area (Å²) in [4.78, 5) is 0. The van der Waals surface area contributed by atoms with Crippen LogP contribution in [0.3, 0.4) is 0 Å². The van der Waals surface area contributed by atoms with Crippen molar-refractivity contribution in [2.75, 3.05) is 7.11 Å². The van der Waals surface area contributed by atoms with Crippen LogP contribution < -0.4 is 4.74 Å². The fraction of sp³-hybridized carbons (Fsp3) is 0.100. The lowest BCUT2D eigenvalue weighted by molar-refractivity contribution is 0.121. The Morgan fingerprint density at radius 3 is 2.24 bits per heavy atom. The van der Waals surface area contributed by atoms with Gasteiger partial charge in [0.15, 0.2) is 0 Å². The van der Waals surface area contributed by atoms with Crippen LogP contribution in [0.4, 0.5) is 8.78 Å². The SMILES string of the molecule is COc1ccc(F)c(C(O)(c2ccc(F)cc2)c2ccccc2Cl)c1. The lowest BCUT2D eigenvalue weighted by atomic mass is 9.80. The Morgan fingerprint density at radius 2 is 1.60 bits per heavy atom. The number of benzene rings is 3. The van der Waals surface area contributed by atoms with Gasteiger partial charge in [0.05, 0.1) is 7.11 Å². The van der Waals surface area contributed by atoms with Crippen molar-refractivity contribution in [1.82, 2.24) is 0 Å². The first-order chi connectivity index (χ1) is 12.0. The molecule has 25 heavy (non-hydrogen) atoms. The summed E-state index contributed by atoms with van der Waals surface area (Å²) in [6, 6.07) is 15.9. The molecule has 0 aliphatic carbocycles. The molecule has 0 aromatic heterocycles. The van der Waals surface area contributed by atoms with Crippen LogP contribution in [0, 0.1) is 11.6 Å². The third-order valence-electron chi connectivity index (χ3n) is 4.09. The van der Waals surface area contributed by atoms with E-state index >= 15 is 0 Å². The third-order valence-corrected chi connectivity index (χ3v) is 4.42. The van der Waals surface area contributed by atoms with Crippen molar-refractivity contribution < 1.29 is 18.6 Å². The minimum atomic E-state index is -1.91. The number of methoxy groups -OCH3 is 1. The van der Waals surface area contributed by atoms with Gasteiger partial charge in [-0.1, -0.05) is 41.9 Å². The second-order valence-corrected chi connectivity index (χ2v) is 5.95. The molecule has 128 valence electrons. The van der Waals surface area contributed by atoms with E-state index in [0.29, 0.717) is 5.75 Å². The van der Waals surface area contributed by atoms with Gasteiger partial charge in [0.2, 0.25) is 0 Å². The van der Waals surface area contributed by atoms with E-state index in [9.17, 15) is 13.9 Å². The molecule has 0 amide bonds. The van der Waals surface area contributed by atoms with Crippen molar-refractivity contribution in [3.8, 4) is 5.75 Å². The van der Waals surface area contributed by atoms with Crippen LogP contribution in [0.25, 0.3) is 0 Å². The second-order valence-electron chi connectivity index (χ2n) is 5.54. The summed E-state index contributed by atoms with van der Waals surface area (Å²) < 4.78 is 33.2. The molecule has 0 spiro atoms. The fourth-order valence-electron chi connectivity index (χ4n) is 2.81. The molecule has 0 bridgehead atoms. The summed E-state index contributed by atoms with van der Waals surface area (Å²) >= 11 is 6.28. The fourth-order valence-corrected chi connectivity index (χ4v) is 3.08. The minimum absolute atomic E-state index is 0.0356. The first-order valence-electron chi connectivity index (χ1n) is 7.54. The number of halogens is 3. The Labute approximate surface area is 149 Å². The van der Waals surface area contributed by atoms with Gasteiger partial charge in [-0.05, 0) is 42.0 Å². The van der Waals surface area contributed by atoms with Crippen LogP contribution in [0.2, 0.25) is 5.02 Å². The molecule has 2 nitrogen and oxygen atoms in total. The molecule has 0 aliphatic rings. The van der Waals surface area contributed by atoms with Crippen molar-refractivity contribution >= 4 is 11.6 Å². The van der Waals surface area contributed by atoms with E-state index in [0.717, 1.165) is 0 Å². The molecule has 0 heterocycles. The van der Waals surface area contributed by atoms with Gasteiger partial charge in [-0.2, -0.15) is 0 Å². The Bertz CT molecular complexity index is 896. The number of aliphatic hydroxyl groups is 1. The predicted octanol–water partition coefficient (Wildman–Crippen LogP) is 4.91. The van der Waals surface area contributed by atoms with Gasteiger partial charge in [-0.3, -0.25) is 0 Å². The van der Waals surface area contributed by atoms with Gasteiger partial charge in [0.25, 0.3) is 0 Å². The van der Waals surface area contributed by atoms with Gasteiger partial charge in [0, 0.05) is 16.1 Å². The van der Waals surface area contributed by atoms with Crippen LogP contribution in [-0.4, -0.2) is 12.2 Å². The number of ether oxygens (including phenoxy) is 1. The predicted molar refractivity (Wildman–Crippen MR) is 92.9 cm³/mol. The Kier molecular flexibility index (Phi) is 4.75. The normalized spacial score (nSPS) is 13.3. The van der Waals surface area contributed by atoms with Gasteiger partial charge in [-0.15, -0.1) is 0 Å². The first-order valence-corrected chi connectivity index (χ1v) is 7.92. The first kappa shape index (κ1) is 17.4. The zero-order chi connectivity index (χ0) is 18.0. The molecule has 0 aliphatic heterocycles. The summed E-state index contributed by atoms with van der Waals surface area (Å²) in [5, 5.41) is 11.9. The van der Waals surface area contributed by atoms with E-state index < -0.39 is 17.2 Å². The molecule has 3 aromatic carbocycles. The lowest BCUT2D eigenvalue weighted by Gasteiger charge is -2.31. The molecule has 1 atom stereocenters. The molecule has 0 saturated heterocycles. The maximum atomic E-state index is 14.7. The Balaban J connectivity index is 2.34. The summed E-state index contributed by atoms with van der Waals surface area (Å²) in [5.41, 5.74) is -1.37. The number of rotatable bonds is 4. The van der Waals surface area contributed by atoms with E-state index in [-0.39, 0.29) is 21.7 Å². The molecule has 0 saturated carbocycles.